The smallest absolute Gasteiger partial charge is 0.352 e. The molecule has 16 heavy (non-hydrogen) atoms. The van der Waals surface area contributed by atoms with Crippen LogP contribution in [0.25, 0.3) is 5.65 Å². The Bertz CT molecular complexity index is 533. The summed E-state index contributed by atoms with van der Waals surface area (Å²) in [6.07, 6.45) is 0. The normalized spacial score (nSPS) is 11.2. The van der Waals surface area contributed by atoms with E-state index in [4.69, 9.17) is 5.11 Å². The summed E-state index contributed by atoms with van der Waals surface area (Å²) in [6, 6.07) is 4.93. The van der Waals surface area contributed by atoms with Crippen LogP contribution < -0.4 is 0 Å². The highest BCUT2D eigenvalue weighted by Crippen LogP contribution is 2.09. The van der Waals surface area contributed by atoms with Gasteiger partial charge in [0, 0.05) is 0 Å². The number of aromatic nitrogens is 3. The molecule has 6 heteroatoms. The largest absolute Gasteiger partial charge is 0.477 e. The van der Waals surface area contributed by atoms with Crippen LogP contribution in [0.3, 0.4) is 0 Å². The predicted molar refractivity (Wildman–Crippen MR) is 57.3 cm³/mol. The topological polar surface area (TPSA) is 70.7 Å². The third-order valence-electron chi connectivity index (χ3n) is 2.17. The fourth-order valence-electron chi connectivity index (χ4n) is 1.55. The van der Waals surface area contributed by atoms with E-state index in [2.05, 4.69) is 10.2 Å². The van der Waals surface area contributed by atoms with Gasteiger partial charge in [0.2, 0.25) is 0 Å². The van der Waals surface area contributed by atoms with E-state index in [1.165, 1.54) is 6.07 Å². The zero-order valence-electron chi connectivity index (χ0n) is 9.08. The van der Waals surface area contributed by atoms with Crippen molar-refractivity contribution in [3.8, 4) is 0 Å². The summed E-state index contributed by atoms with van der Waals surface area (Å²) in [5, 5.41) is 17.0. The fourth-order valence-corrected chi connectivity index (χ4v) is 1.55. The lowest BCUT2D eigenvalue weighted by atomic mass is 10.3. The molecule has 0 aromatic carbocycles. The highest BCUT2D eigenvalue weighted by atomic mass is 16.4. The third kappa shape index (κ3) is 1.74. The first kappa shape index (κ1) is 10.6. The number of carbonyl (C=O) groups is 1. The van der Waals surface area contributed by atoms with E-state index in [0.29, 0.717) is 18.0 Å². The molecule has 84 valence electrons. The van der Waals surface area contributed by atoms with Crippen LogP contribution in [0.2, 0.25) is 0 Å². The minimum absolute atomic E-state index is 0.180. The molecule has 0 unspecified atom stereocenters. The summed E-state index contributed by atoms with van der Waals surface area (Å²) in [7, 11) is 3.79. The molecule has 0 aliphatic heterocycles. The molecule has 2 aromatic rings. The number of hydrogen-bond acceptors (Lipinski definition) is 4. The quantitative estimate of drug-likeness (QED) is 0.815. The number of nitrogens with zero attached hydrogens (tertiary/aromatic N) is 4. The molecule has 0 aliphatic rings. The first-order valence-electron chi connectivity index (χ1n) is 4.80. The number of pyridine rings is 1. The van der Waals surface area contributed by atoms with Crippen LogP contribution >= 0.6 is 0 Å². The maximum absolute atomic E-state index is 11.1. The van der Waals surface area contributed by atoms with E-state index >= 15 is 0 Å². The number of aromatic carboxylic acids is 1. The number of fused-ring (bicyclic) bond motifs is 1. The lowest BCUT2D eigenvalue weighted by molar-refractivity contribution is 0.0688. The molecule has 0 aliphatic carbocycles. The number of hydrogen-bond donors (Lipinski definition) is 1. The van der Waals surface area contributed by atoms with Crippen molar-refractivity contribution in [1.82, 2.24) is 19.5 Å². The molecule has 0 bridgehead atoms. The van der Waals surface area contributed by atoms with Crippen molar-refractivity contribution in [2.75, 3.05) is 14.1 Å². The molecular weight excluding hydrogens is 208 g/mol. The monoisotopic (exact) mass is 220 g/mol. The number of carboxylic acids is 1. The van der Waals surface area contributed by atoms with Gasteiger partial charge in [-0.2, -0.15) is 0 Å². The molecule has 0 saturated heterocycles. The first-order chi connectivity index (χ1) is 7.59. The predicted octanol–water partition coefficient (Wildman–Crippen LogP) is 0.489. The van der Waals surface area contributed by atoms with E-state index in [-0.39, 0.29) is 5.69 Å². The van der Waals surface area contributed by atoms with Gasteiger partial charge >= 0.3 is 5.97 Å². The Morgan fingerprint density at radius 3 is 2.81 bits per heavy atom. The molecule has 1 N–H and O–H groups in total. The first-order valence-corrected chi connectivity index (χ1v) is 4.80. The Morgan fingerprint density at radius 2 is 2.19 bits per heavy atom. The number of carboxylic acid groups (broad SMARTS) is 1. The van der Waals surface area contributed by atoms with Gasteiger partial charge < -0.3 is 10.0 Å². The van der Waals surface area contributed by atoms with E-state index < -0.39 is 5.97 Å². The molecular formula is C10H12N4O2. The van der Waals surface area contributed by atoms with Crippen molar-refractivity contribution in [3.63, 3.8) is 0 Å². The molecule has 0 spiro atoms. The molecule has 0 fully saturated rings. The van der Waals surface area contributed by atoms with E-state index in [9.17, 15) is 4.79 Å². The Kier molecular flexibility index (Phi) is 2.57. The van der Waals surface area contributed by atoms with Crippen molar-refractivity contribution < 1.29 is 9.90 Å². The van der Waals surface area contributed by atoms with Crippen molar-refractivity contribution in [2.24, 2.45) is 0 Å². The van der Waals surface area contributed by atoms with Crippen LogP contribution in [-0.2, 0) is 6.54 Å². The SMILES string of the molecule is CN(C)Cc1nnc2cccc(C(=O)O)n12. The maximum atomic E-state index is 11.1. The van der Waals surface area contributed by atoms with Crippen molar-refractivity contribution in [1.29, 1.82) is 0 Å². The highest BCUT2D eigenvalue weighted by molar-refractivity contribution is 5.86. The van der Waals surface area contributed by atoms with Gasteiger partial charge in [0.1, 0.15) is 5.69 Å². The third-order valence-corrected chi connectivity index (χ3v) is 2.17. The molecule has 2 heterocycles. The van der Waals surface area contributed by atoms with Crippen LogP contribution in [0.5, 0.6) is 0 Å². The summed E-state index contributed by atoms with van der Waals surface area (Å²) < 4.78 is 1.56. The molecule has 0 amide bonds. The minimum atomic E-state index is -0.981. The van der Waals surface area contributed by atoms with Crippen molar-refractivity contribution in [2.45, 2.75) is 6.54 Å². The Labute approximate surface area is 92.1 Å². The Morgan fingerprint density at radius 1 is 1.44 bits per heavy atom. The Balaban J connectivity index is 2.63. The van der Waals surface area contributed by atoms with Gasteiger partial charge in [-0.25, -0.2) is 4.79 Å². The summed E-state index contributed by atoms with van der Waals surface area (Å²) in [6.45, 7) is 0.547. The van der Waals surface area contributed by atoms with Crippen LogP contribution in [-0.4, -0.2) is 44.7 Å². The van der Waals surface area contributed by atoms with Gasteiger partial charge in [-0.3, -0.25) is 4.40 Å². The van der Waals surface area contributed by atoms with E-state index in [1.807, 2.05) is 19.0 Å². The molecule has 0 saturated carbocycles. The van der Waals surface area contributed by atoms with Gasteiger partial charge in [-0.05, 0) is 26.2 Å². The van der Waals surface area contributed by atoms with Gasteiger partial charge in [-0.15, -0.1) is 10.2 Å². The van der Waals surface area contributed by atoms with Crippen molar-refractivity contribution >= 4 is 11.6 Å². The number of rotatable bonds is 3. The average molecular weight is 220 g/mol. The average Bonchev–Trinajstić information content (AvgIpc) is 2.60. The lowest BCUT2D eigenvalue weighted by Crippen LogP contribution is -2.15. The van der Waals surface area contributed by atoms with Gasteiger partial charge in [0.05, 0.1) is 6.54 Å². The van der Waals surface area contributed by atoms with Crippen LogP contribution in [0.1, 0.15) is 16.3 Å². The van der Waals surface area contributed by atoms with Gasteiger partial charge in [0.25, 0.3) is 0 Å². The van der Waals surface area contributed by atoms with Crippen molar-refractivity contribution in [3.05, 3.63) is 29.7 Å². The van der Waals surface area contributed by atoms with Crippen LogP contribution in [0.15, 0.2) is 18.2 Å². The summed E-state index contributed by atoms with van der Waals surface area (Å²) in [5.41, 5.74) is 0.733. The van der Waals surface area contributed by atoms with Gasteiger partial charge in [-0.1, -0.05) is 6.07 Å². The molecule has 0 atom stereocenters. The molecule has 6 nitrogen and oxygen atoms in total. The summed E-state index contributed by atoms with van der Waals surface area (Å²) in [4.78, 5) is 13.0. The maximum Gasteiger partial charge on any atom is 0.352 e. The van der Waals surface area contributed by atoms with Crippen LogP contribution in [0.4, 0.5) is 0 Å². The second kappa shape index (κ2) is 3.90. The second-order valence-electron chi connectivity index (χ2n) is 3.76. The van der Waals surface area contributed by atoms with Gasteiger partial charge in [0.15, 0.2) is 11.5 Å². The molecule has 2 aromatic heterocycles. The molecule has 2 rings (SSSR count). The zero-order valence-corrected chi connectivity index (χ0v) is 9.08. The zero-order chi connectivity index (χ0) is 11.7. The highest BCUT2D eigenvalue weighted by Gasteiger charge is 2.13. The van der Waals surface area contributed by atoms with E-state index in [1.54, 1.807) is 16.5 Å². The molecule has 0 radical (unpaired) electrons. The Hall–Kier alpha value is -1.95. The fraction of sp³-hybridized carbons (Fsp3) is 0.300. The summed E-state index contributed by atoms with van der Waals surface area (Å²) >= 11 is 0. The minimum Gasteiger partial charge on any atom is -0.477 e. The summed E-state index contributed by atoms with van der Waals surface area (Å²) in [5.74, 6) is -0.358. The standard InChI is InChI=1S/C10H12N4O2/c1-13(2)6-9-12-11-8-5-3-4-7(10(15)16)14(8)9/h3-5H,6H2,1-2H3,(H,15,16). The van der Waals surface area contributed by atoms with Crippen LogP contribution in [0, 0.1) is 0 Å². The van der Waals surface area contributed by atoms with E-state index in [0.717, 1.165) is 0 Å². The lowest BCUT2D eigenvalue weighted by Gasteiger charge is -2.08. The second-order valence-corrected chi connectivity index (χ2v) is 3.76.